The minimum absolute atomic E-state index is 0.138. The molecule has 2 saturated heterocycles. The zero-order valence-electron chi connectivity index (χ0n) is 13.0. The van der Waals surface area contributed by atoms with Crippen molar-refractivity contribution >= 4 is 0 Å². The Balaban J connectivity index is 2.05. The first kappa shape index (κ1) is 15.2. The first-order valence-corrected chi connectivity index (χ1v) is 7.36. The highest BCUT2D eigenvalue weighted by molar-refractivity contribution is 5.03. The lowest BCUT2D eigenvalue weighted by Gasteiger charge is -2.40. The second-order valence-electron chi connectivity index (χ2n) is 7.51. The molecule has 2 N–H and O–H groups in total. The fourth-order valence-electron chi connectivity index (χ4n) is 3.92. The molecule has 2 rings (SSSR count). The Hall–Kier alpha value is -0.160. The topological polar surface area (TPSA) is 50.7 Å². The number of hydrogen-bond donors (Lipinski definition) is 2. The van der Waals surface area contributed by atoms with Gasteiger partial charge in [-0.3, -0.25) is 0 Å². The molecule has 19 heavy (non-hydrogen) atoms. The molecule has 4 heteroatoms. The molecule has 2 aliphatic heterocycles. The first-order chi connectivity index (χ1) is 8.62. The van der Waals surface area contributed by atoms with E-state index in [1.807, 2.05) is 6.92 Å². The molecular weight excluding hydrogens is 242 g/mol. The van der Waals surface area contributed by atoms with Gasteiger partial charge in [-0.1, -0.05) is 0 Å². The van der Waals surface area contributed by atoms with Gasteiger partial charge in [-0.05, 0) is 47.5 Å². The van der Waals surface area contributed by atoms with Crippen molar-refractivity contribution < 1.29 is 14.6 Å². The molecule has 0 amide bonds. The van der Waals surface area contributed by atoms with Gasteiger partial charge in [0.25, 0.3) is 0 Å². The average molecular weight is 271 g/mol. The van der Waals surface area contributed by atoms with Crippen molar-refractivity contribution in [1.29, 1.82) is 0 Å². The molecule has 0 aromatic carbocycles. The predicted octanol–water partition coefficient (Wildman–Crippen LogP) is 1.71. The highest BCUT2D eigenvalue weighted by atomic mass is 16.5. The molecule has 0 bridgehead atoms. The quantitative estimate of drug-likeness (QED) is 0.820. The number of ether oxygens (including phenoxy) is 2. The summed E-state index contributed by atoms with van der Waals surface area (Å²) in [5.74, 6) is 0.138. The van der Waals surface area contributed by atoms with Crippen LogP contribution in [-0.2, 0) is 9.47 Å². The molecule has 2 heterocycles. The van der Waals surface area contributed by atoms with Crippen LogP contribution in [0.1, 0.15) is 47.5 Å². The van der Waals surface area contributed by atoms with E-state index in [4.69, 9.17) is 9.47 Å². The Labute approximate surface area is 116 Å². The zero-order valence-corrected chi connectivity index (χ0v) is 13.0. The van der Waals surface area contributed by atoms with Crippen LogP contribution in [0.2, 0.25) is 0 Å². The van der Waals surface area contributed by atoms with E-state index >= 15 is 0 Å². The van der Waals surface area contributed by atoms with E-state index in [0.29, 0.717) is 13.0 Å². The van der Waals surface area contributed by atoms with Gasteiger partial charge < -0.3 is 19.9 Å². The second-order valence-corrected chi connectivity index (χ2v) is 7.51. The van der Waals surface area contributed by atoms with E-state index in [1.165, 1.54) is 0 Å². The molecule has 0 aliphatic carbocycles. The van der Waals surface area contributed by atoms with Gasteiger partial charge >= 0.3 is 0 Å². The number of aliphatic hydroxyl groups is 1. The molecule has 0 saturated carbocycles. The molecule has 0 aromatic rings. The number of hydrogen-bond acceptors (Lipinski definition) is 4. The largest absolute Gasteiger partial charge is 0.390 e. The molecule has 4 nitrogen and oxygen atoms in total. The van der Waals surface area contributed by atoms with Crippen molar-refractivity contribution in [2.45, 2.75) is 70.3 Å². The van der Waals surface area contributed by atoms with Gasteiger partial charge in [0.15, 0.2) is 0 Å². The fourth-order valence-corrected chi connectivity index (χ4v) is 3.92. The Morgan fingerprint density at radius 3 is 2.47 bits per heavy atom. The van der Waals surface area contributed by atoms with Gasteiger partial charge in [0.05, 0.1) is 30.0 Å². The minimum atomic E-state index is -0.740. The van der Waals surface area contributed by atoms with Crippen molar-refractivity contribution in [3.05, 3.63) is 0 Å². The van der Waals surface area contributed by atoms with Crippen molar-refractivity contribution in [1.82, 2.24) is 5.32 Å². The van der Waals surface area contributed by atoms with Gasteiger partial charge in [0, 0.05) is 18.5 Å². The smallest absolute Gasteiger partial charge is 0.0691 e. The van der Waals surface area contributed by atoms with Crippen LogP contribution in [0, 0.1) is 5.92 Å². The minimum Gasteiger partial charge on any atom is -0.390 e. The molecule has 2 fully saturated rings. The summed E-state index contributed by atoms with van der Waals surface area (Å²) in [4.78, 5) is 0. The summed E-state index contributed by atoms with van der Waals surface area (Å²) in [6.07, 6.45) is 1.60. The standard InChI is InChI=1S/C15H29NO3/c1-13(2)9-12(14(3,4)19-13)15(5,17)8-11-10-18-7-6-16-11/h11-12,16-17H,6-10H2,1-5H3. The van der Waals surface area contributed by atoms with Gasteiger partial charge in [-0.2, -0.15) is 0 Å². The Morgan fingerprint density at radius 2 is 2.00 bits per heavy atom. The summed E-state index contributed by atoms with van der Waals surface area (Å²) in [5, 5.41) is 14.4. The molecule has 0 spiro atoms. The predicted molar refractivity (Wildman–Crippen MR) is 75.2 cm³/mol. The highest BCUT2D eigenvalue weighted by Gasteiger charge is 2.53. The van der Waals surface area contributed by atoms with Gasteiger partial charge in [-0.25, -0.2) is 0 Å². The normalized spacial score (nSPS) is 36.9. The Bertz CT molecular complexity index is 319. The van der Waals surface area contributed by atoms with Crippen LogP contribution in [0.3, 0.4) is 0 Å². The molecule has 0 radical (unpaired) electrons. The number of rotatable bonds is 3. The van der Waals surface area contributed by atoms with Crippen molar-refractivity contribution in [3.63, 3.8) is 0 Å². The van der Waals surface area contributed by atoms with Crippen LogP contribution >= 0.6 is 0 Å². The van der Waals surface area contributed by atoms with E-state index in [2.05, 4.69) is 33.0 Å². The highest BCUT2D eigenvalue weighted by Crippen LogP contribution is 2.48. The van der Waals surface area contributed by atoms with E-state index in [0.717, 1.165) is 19.6 Å². The summed E-state index contributed by atoms with van der Waals surface area (Å²) in [7, 11) is 0. The van der Waals surface area contributed by atoms with Crippen molar-refractivity contribution in [3.8, 4) is 0 Å². The Morgan fingerprint density at radius 1 is 1.32 bits per heavy atom. The summed E-state index contributed by atoms with van der Waals surface area (Å²) < 4.78 is 11.6. The van der Waals surface area contributed by atoms with Crippen LogP contribution in [0.4, 0.5) is 0 Å². The third-order valence-corrected chi connectivity index (χ3v) is 4.48. The van der Waals surface area contributed by atoms with Crippen LogP contribution in [-0.4, -0.2) is 47.7 Å². The third-order valence-electron chi connectivity index (χ3n) is 4.48. The lowest BCUT2D eigenvalue weighted by molar-refractivity contribution is -0.114. The fraction of sp³-hybridized carbons (Fsp3) is 1.00. The number of nitrogens with one attached hydrogen (secondary N) is 1. The maximum atomic E-state index is 11.0. The van der Waals surface area contributed by atoms with Crippen molar-refractivity contribution in [2.75, 3.05) is 19.8 Å². The SMILES string of the molecule is CC1(C)CC(C(C)(O)CC2COCCN2)C(C)(C)O1. The monoisotopic (exact) mass is 271 g/mol. The summed E-state index contributed by atoms with van der Waals surface area (Å²) in [5.41, 5.74) is -1.19. The van der Waals surface area contributed by atoms with E-state index < -0.39 is 5.60 Å². The average Bonchev–Trinajstić information content (AvgIpc) is 2.48. The van der Waals surface area contributed by atoms with E-state index in [9.17, 15) is 5.11 Å². The van der Waals surface area contributed by atoms with E-state index in [-0.39, 0.29) is 23.2 Å². The molecule has 3 unspecified atom stereocenters. The first-order valence-electron chi connectivity index (χ1n) is 7.36. The maximum absolute atomic E-state index is 11.0. The lowest BCUT2D eigenvalue weighted by atomic mass is 9.73. The molecule has 112 valence electrons. The molecular formula is C15H29NO3. The van der Waals surface area contributed by atoms with Crippen molar-refractivity contribution in [2.24, 2.45) is 5.92 Å². The third kappa shape index (κ3) is 3.48. The van der Waals surface area contributed by atoms with Gasteiger partial charge in [-0.15, -0.1) is 0 Å². The zero-order chi connectivity index (χ0) is 14.3. The summed E-state index contributed by atoms with van der Waals surface area (Å²) in [6, 6.07) is 0.239. The Kier molecular flexibility index (Phi) is 4.00. The molecule has 2 aliphatic rings. The number of morpholine rings is 1. The molecule has 3 atom stereocenters. The van der Waals surface area contributed by atoms with Crippen LogP contribution in [0.25, 0.3) is 0 Å². The van der Waals surface area contributed by atoms with Crippen LogP contribution in [0.5, 0.6) is 0 Å². The lowest BCUT2D eigenvalue weighted by Crippen LogP contribution is -2.51. The van der Waals surface area contributed by atoms with Gasteiger partial charge in [0.2, 0.25) is 0 Å². The van der Waals surface area contributed by atoms with E-state index in [1.54, 1.807) is 0 Å². The summed E-state index contributed by atoms with van der Waals surface area (Å²) >= 11 is 0. The van der Waals surface area contributed by atoms with Gasteiger partial charge in [0.1, 0.15) is 0 Å². The second kappa shape index (κ2) is 4.99. The summed E-state index contributed by atoms with van der Waals surface area (Å²) in [6.45, 7) is 12.7. The maximum Gasteiger partial charge on any atom is 0.0691 e. The molecule has 0 aromatic heterocycles. The van der Waals surface area contributed by atoms with Crippen LogP contribution in [0.15, 0.2) is 0 Å². The van der Waals surface area contributed by atoms with Crippen LogP contribution < -0.4 is 5.32 Å².